The Bertz CT molecular complexity index is 570. The van der Waals surface area contributed by atoms with Gasteiger partial charge in [-0.2, -0.15) is 24.9 Å². The van der Waals surface area contributed by atoms with Crippen LogP contribution in [0.15, 0.2) is 24.3 Å². The second-order valence-electron chi connectivity index (χ2n) is 6.75. The summed E-state index contributed by atoms with van der Waals surface area (Å²) in [4.78, 5) is 12.9. The van der Waals surface area contributed by atoms with E-state index in [9.17, 15) is 28.2 Å². The summed E-state index contributed by atoms with van der Waals surface area (Å²) in [6.45, 7) is 4.72. The van der Waals surface area contributed by atoms with Gasteiger partial charge in [-0.1, -0.05) is 12.1 Å². The van der Waals surface area contributed by atoms with Crippen molar-refractivity contribution in [3.63, 3.8) is 0 Å². The quantitative estimate of drug-likeness (QED) is 0.774. The predicted octanol–water partition coefficient (Wildman–Crippen LogP) is 4.29. The third kappa shape index (κ3) is 5.54. The number of rotatable bonds is 6. The first kappa shape index (κ1) is 21.6. The van der Waals surface area contributed by atoms with E-state index in [0.29, 0.717) is 11.3 Å². The molecule has 0 bridgehead atoms. The van der Waals surface area contributed by atoms with Crippen molar-refractivity contribution in [1.29, 1.82) is 0 Å². The summed E-state index contributed by atoms with van der Waals surface area (Å²) in [7, 11) is 0. The van der Waals surface area contributed by atoms with Crippen molar-refractivity contribution in [3.05, 3.63) is 35.4 Å². The molecule has 0 spiro atoms. The first-order valence-electron chi connectivity index (χ1n) is 7.72. The lowest BCUT2D eigenvalue weighted by atomic mass is 9.89. The number of aliphatic hydroxyl groups is 1. The lowest BCUT2D eigenvalue weighted by Crippen LogP contribution is -2.55. The van der Waals surface area contributed by atoms with Gasteiger partial charge in [0.2, 0.25) is 0 Å². The van der Waals surface area contributed by atoms with Gasteiger partial charge in [-0.15, -0.1) is 0 Å². The summed E-state index contributed by atoms with van der Waals surface area (Å²) in [6, 6.07) is 3.92. The fraction of sp³-hybridized carbons (Fsp3) is 0.588. The lowest BCUT2D eigenvalue weighted by Gasteiger charge is -2.42. The van der Waals surface area contributed by atoms with Gasteiger partial charge in [-0.05, 0) is 44.7 Å². The second-order valence-corrected chi connectivity index (χ2v) is 7.67. The number of nitrogens with zero attached hydrogens (tertiary/aromatic N) is 1. The van der Waals surface area contributed by atoms with E-state index in [1.807, 2.05) is 6.26 Å². The number of carboxylic acid groups (broad SMARTS) is 1. The summed E-state index contributed by atoms with van der Waals surface area (Å²) in [5, 5.41) is 19.4. The van der Waals surface area contributed by atoms with Gasteiger partial charge in [0.1, 0.15) is 0 Å². The second kappa shape index (κ2) is 8.31. The van der Waals surface area contributed by atoms with Crippen LogP contribution in [0.3, 0.4) is 0 Å². The Hall–Kier alpha value is -1.41. The van der Waals surface area contributed by atoms with Crippen LogP contribution in [0.25, 0.3) is 0 Å². The summed E-state index contributed by atoms with van der Waals surface area (Å²) in [5.74, 6) is 0.0359. The van der Waals surface area contributed by atoms with E-state index in [1.165, 1.54) is 28.8 Å². The molecule has 1 rings (SSSR count). The van der Waals surface area contributed by atoms with Gasteiger partial charge < -0.3 is 10.2 Å². The van der Waals surface area contributed by atoms with Crippen LogP contribution >= 0.6 is 11.8 Å². The standard InChI is InChI=1S/C17H24F3NO3S/c1-16(2,3)21(15(23)24)14(9-22)13(10-25-4)11-5-7-12(8-6-11)17(18,19)20/h5-8,13-14,22H,9-10H2,1-4H3,(H,23,24)/t13-,14-/m1/s1. The molecule has 0 saturated carbocycles. The van der Waals surface area contributed by atoms with Gasteiger partial charge in [-0.25, -0.2) is 4.79 Å². The van der Waals surface area contributed by atoms with Crippen molar-refractivity contribution in [2.24, 2.45) is 0 Å². The van der Waals surface area contributed by atoms with E-state index < -0.39 is 41.9 Å². The molecular formula is C17H24F3NO3S. The maximum Gasteiger partial charge on any atom is 0.416 e. The maximum atomic E-state index is 12.8. The van der Waals surface area contributed by atoms with E-state index in [4.69, 9.17) is 0 Å². The lowest BCUT2D eigenvalue weighted by molar-refractivity contribution is -0.137. The zero-order valence-electron chi connectivity index (χ0n) is 14.7. The molecule has 0 aliphatic carbocycles. The topological polar surface area (TPSA) is 60.8 Å². The number of hydrogen-bond acceptors (Lipinski definition) is 3. The van der Waals surface area contributed by atoms with E-state index in [-0.39, 0.29) is 0 Å². The molecule has 4 nitrogen and oxygen atoms in total. The monoisotopic (exact) mass is 379 g/mol. The van der Waals surface area contributed by atoms with Crippen molar-refractivity contribution in [2.45, 2.75) is 44.4 Å². The number of thioether (sulfide) groups is 1. The minimum absolute atomic E-state index is 0.421. The Balaban J connectivity index is 3.29. The maximum absolute atomic E-state index is 12.8. The molecule has 25 heavy (non-hydrogen) atoms. The molecule has 0 heterocycles. The number of carbonyl (C=O) groups is 1. The summed E-state index contributed by atoms with van der Waals surface area (Å²) < 4.78 is 38.3. The van der Waals surface area contributed by atoms with E-state index in [0.717, 1.165) is 12.1 Å². The van der Waals surface area contributed by atoms with Gasteiger partial charge in [0.25, 0.3) is 0 Å². The highest BCUT2D eigenvalue weighted by atomic mass is 32.2. The summed E-state index contributed by atoms with van der Waals surface area (Å²) >= 11 is 1.44. The normalized spacial score (nSPS) is 14.9. The molecule has 0 unspecified atom stereocenters. The van der Waals surface area contributed by atoms with E-state index in [1.54, 1.807) is 20.8 Å². The molecule has 1 aromatic carbocycles. The highest BCUT2D eigenvalue weighted by Crippen LogP contribution is 2.34. The smallest absolute Gasteiger partial charge is 0.416 e. The largest absolute Gasteiger partial charge is 0.465 e. The summed E-state index contributed by atoms with van der Waals surface area (Å²) in [5.41, 5.74) is -0.954. The van der Waals surface area contributed by atoms with E-state index in [2.05, 4.69) is 0 Å². The Kier molecular flexibility index (Phi) is 7.19. The van der Waals surface area contributed by atoms with Crippen LogP contribution in [0, 0.1) is 0 Å². The highest BCUT2D eigenvalue weighted by Gasteiger charge is 2.38. The third-order valence-electron chi connectivity index (χ3n) is 3.92. The van der Waals surface area contributed by atoms with Crippen molar-refractivity contribution >= 4 is 17.9 Å². The molecule has 0 saturated heterocycles. The van der Waals surface area contributed by atoms with Crippen LogP contribution in [-0.2, 0) is 6.18 Å². The number of aliphatic hydroxyl groups excluding tert-OH is 1. The molecule has 1 aromatic rings. The van der Waals surface area contributed by atoms with Crippen LogP contribution in [-0.4, -0.2) is 51.4 Å². The number of hydrogen-bond donors (Lipinski definition) is 2. The Morgan fingerprint density at radius 1 is 1.20 bits per heavy atom. The first-order chi connectivity index (χ1) is 11.4. The summed E-state index contributed by atoms with van der Waals surface area (Å²) in [6.07, 6.45) is -3.78. The zero-order chi connectivity index (χ0) is 19.4. The third-order valence-corrected chi connectivity index (χ3v) is 4.62. The van der Waals surface area contributed by atoms with Crippen molar-refractivity contribution < 1.29 is 28.2 Å². The van der Waals surface area contributed by atoms with Crippen molar-refractivity contribution in [1.82, 2.24) is 4.90 Å². The van der Waals surface area contributed by atoms with Gasteiger partial charge in [-0.3, -0.25) is 4.90 Å². The predicted molar refractivity (Wildman–Crippen MR) is 93.1 cm³/mol. The molecule has 8 heteroatoms. The number of benzene rings is 1. The number of alkyl halides is 3. The fourth-order valence-corrected chi connectivity index (χ4v) is 3.62. The SMILES string of the molecule is CSC[C@H](c1ccc(C(F)(F)F)cc1)[C@@H](CO)N(C(=O)O)C(C)(C)C. The number of halogens is 3. The van der Waals surface area contributed by atoms with Crippen molar-refractivity contribution in [3.8, 4) is 0 Å². The van der Waals surface area contributed by atoms with Gasteiger partial charge in [0.05, 0.1) is 18.2 Å². The van der Waals surface area contributed by atoms with Crippen LogP contribution in [0.1, 0.15) is 37.8 Å². The zero-order valence-corrected chi connectivity index (χ0v) is 15.5. The molecule has 142 valence electrons. The van der Waals surface area contributed by atoms with Crippen LogP contribution in [0.2, 0.25) is 0 Å². The molecule has 0 radical (unpaired) electrons. The molecular weight excluding hydrogens is 355 g/mol. The minimum Gasteiger partial charge on any atom is -0.465 e. The average Bonchev–Trinajstić information content (AvgIpc) is 2.48. The number of amides is 1. The molecule has 0 fully saturated rings. The fourth-order valence-electron chi connectivity index (χ4n) is 2.84. The average molecular weight is 379 g/mol. The molecule has 0 aliphatic rings. The molecule has 2 N–H and O–H groups in total. The van der Waals surface area contributed by atoms with Crippen LogP contribution in [0.4, 0.5) is 18.0 Å². The van der Waals surface area contributed by atoms with Gasteiger partial charge in [0, 0.05) is 17.2 Å². The highest BCUT2D eigenvalue weighted by molar-refractivity contribution is 7.98. The first-order valence-corrected chi connectivity index (χ1v) is 9.12. The molecule has 1 amide bonds. The van der Waals surface area contributed by atoms with Gasteiger partial charge in [0.15, 0.2) is 0 Å². The van der Waals surface area contributed by atoms with Crippen LogP contribution in [0.5, 0.6) is 0 Å². The Labute approximate surface area is 150 Å². The van der Waals surface area contributed by atoms with Crippen LogP contribution < -0.4 is 0 Å². The van der Waals surface area contributed by atoms with Crippen molar-refractivity contribution in [2.75, 3.05) is 18.6 Å². The Morgan fingerprint density at radius 3 is 2.04 bits per heavy atom. The van der Waals surface area contributed by atoms with Gasteiger partial charge >= 0.3 is 12.3 Å². The molecule has 0 aliphatic heterocycles. The Morgan fingerprint density at radius 2 is 1.72 bits per heavy atom. The molecule has 2 atom stereocenters. The van der Waals surface area contributed by atoms with E-state index >= 15 is 0 Å². The molecule has 0 aromatic heterocycles. The minimum atomic E-state index is -4.43.